The first-order valence-electron chi connectivity index (χ1n) is 11.4. The van der Waals surface area contributed by atoms with Gasteiger partial charge in [-0.3, -0.25) is 4.79 Å². The number of benzene rings is 1. The Morgan fingerprint density at radius 3 is 2.30 bits per heavy atom. The second kappa shape index (κ2) is 15.8. The minimum Gasteiger partial charge on any atom is -0.490 e. The summed E-state index contributed by atoms with van der Waals surface area (Å²) in [4.78, 5) is 34.3. The minimum atomic E-state index is -5.08. The van der Waals surface area contributed by atoms with Crippen LogP contribution in [0.5, 0.6) is 11.5 Å². The molecule has 14 heteroatoms. The van der Waals surface area contributed by atoms with Crippen LogP contribution in [0.2, 0.25) is 0 Å². The molecule has 1 saturated heterocycles. The van der Waals surface area contributed by atoms with Gasteiger partial charge >= 0.3 is 24.2 Å². The quantitative estimate of drug-likeness (QED) is 0.337. The van der Waals surface area contributed by atoms with E-state index in [9.17, 15) is 22.8 Å². The van der Waals surface area contributed by atoms with Crippen LogP contribution in [0, 0.1) is 5.92 Å². The number of carboxylic acids is 1. The molecule has 0 saturated carbocycles. The van der Waals surface area contributed by atoms with Crippen LogP contribution in [0.1, 0.15) is 27.2 Å². The van der Waals surface area contributed by atoms with Gasteiger partial charge in [0.25, 0.3) is 0 Å². The molecule has 1 unspecified atom stereocenters. The minimum absolute atomic E-state index is 0.0788. The monoisotopic (exact) mass is 538 g/mol. The molecule has 210 valence electrons. The van der Waals surface area contributed by atoms with E-state index in [4.69, 9.17) is 39.3 Å². The van der Waals surface area contributed by atoms with Crippen LogP contribution >= 0.6 is 0 Å². The molecule has 1 amide bonds. The highest BCUT2D eigenvalue weighted by Gasteiger charge is 2.38. The number of carbonyl (C=O) groups excluding carboxylic acids is 2. The lowest BCUT2D eigenvalue weighted by molar-refractivity contribution is -0.192. The number of ether oxygens (including phenoxy) is 5. The van der Waals surface area contributed by atoms with E-state index >= 15 is 0 Å². The smallest absolute Gasteiger partial charge is 0.490 e. The number of amides is 1. The number of rotatable bonds is 10. The number of halogens is 3. The molecule has 2 atom stereocenters. The van der Waals surface area contributed by atoms with E-state index in [0.29, 0.717) is 37.8 Å². The first-order chi connectivity index (χ1) is 17.3. The van der Waals surface area contributed by atoms with Crippen molar-refractivity contribution in [2.45, 2.75) is 45.5 Å². The van der Waals surface area contributed by atoms with E-state index in [1.165, 1.54) is 4.90 Å². The lowest BCUT2D eigenvalue weighted by Gasteiger charge is -2.32. The van der Waals surface area contributed by atoms with Crippen LogP contribution in [0.4, 0.5) is 18.0 Å². The third-order valence-electron chi connectivity index (χ3n) is 4.87. The molecule has 0 aromatic heterocycles. The van der Waals surface area contributed by atoms with Crippen molar-refractivity contribution in [1.29, 1.82) is 0 Å². The fourth-order valence-corrected chi connectivity index (χ4v) is 2.74. The first kappa shape index (κ1) is 31.8. The number of alkyl halides is 3. The summed E-state index contributed by atoms with van der Waals surface area (Å²) in [6, 6.07) is 7.09. The summed E-state index contributed by atoms with van der Waals surface area (Å²) < 4.78 is 58.7. The summed E-state index contributed by atoms with van der Waals surface area (Å²) in [6.07, 6.45) is -5.89. The molecule has 37 heavy (non-hydrogen) atoms. The molecule has 1 heterocycles. The van der Waals surface area contributed by atoms with Gasteiger partial charge in [-0.1, -0.05) is 26.0 Å². The van der Waals surface area contributed by atoms with Crippen molar-refractivity contribution < 1.29 is 56.3 Å². The zero-order valence-corrected chi connectivity index (χ0v) is 20.9. The Kier molecular flexibility index (Phi) is 13.5. The van der Waals surface area contributed by atoms with Crippen molar-refractivity contribution in [3.8, 4) is 11.5 Å². The second-order valence-electron chi connectivity index (χ2n) is 8.09. The van der Waals surface area contributed by atoms with Crippen molar-refractivity contribution in [1.82, 2.24) is 4.90 Å². The number of hydrogen-bond donors (Lipinski definition) is 2. The van der Waals surface area contributed by atoms with E-state index in [1.807, 2.05) is 45.0 Å². The number of nitrogens with two attached hydrogens (primary N) is 1. The molecule has 0 aliphatic carbocycles. The molecule has 1 aliphatic heterocycles. The van der Waals surface area contributed by atoms with E-state index in [0.717, 1.165) is 0 Å². The Labute approximate surface area is 212 Å². The summed E-state index contributed by atoms with van der Waals surface area (Å²) in [5.74, 6) is -1.81. The fourth-order valence-electron chi connectivity index (χ4n) is 2.74. The third kappa shape index (κ3) is 12.5. The molecule has 3 N–H and O–H groups in total. The standard InChI is InChI=1S/C21H32N2O7.C2HF3O2/c1-4-26-18-7-5-6-8-19(18)28-13-16-12-23(9-10-27-16)21(25)30-14-29-20(24)11-17(22)15(2)3;3-2(4,5)1(6)7/h5-8,15-17H,4,9-14,22H2,1-3H3;(H,6,7)/t16?,17-;/m1./s1. The zero-order chi connectivity index (χ0) is 28.0. The largest absolute Gasteiger partial charge is 0.490 e. The van der Waals surface area contributed by atoms with E-state index < -0.39 is 31.0 Å². The molecule has 1 aliphatic rings. The van der Waals surface area contributed by atoms with Gasteiger partial charge in [0.1, 0.15) is 12.7 Å². The van der Waals surface area contributed by atoms with Gasteiger partial charge in [0.2, 0.25) is 6.79 Å². The number of nitrogens with zero attached hydrogens (tertiary/aromatic N) is 1. The molecule has 11 nitrogen and oxygen atoms in total. The zero-order valence-electron chi connectivity index (χ0n) is 20.9. The van der Waals surface area contributed by atoms with Gasteiger partial charge in [-0.15, -0.1) is 0 Å². The van der Waals surface area contributed by atoms with E-state index in [-0.39, 0.29) is 31.1 Å². The molecular weight excluding hydrogens is 505 g/mol. The summed E-state index contributed by atoms with van der Waals surface area (Å²) in [7, 11) is 0. The van der Waals surface area contributed by atoms with Crippen LogP contribution in [-0.4, -0.2) is 86.1 Å². The highest BCUT2D eigenvalue weighted by atomic mass is 19.4. The van der Waals surface area contributed by atoms with Crippen molar-refractivity contribution in [3.63, 3.8) is 0 Å². The Hall–Kier alpha value is -3.26. The van der Waals surface area contributed by atoms with Gasteiger partial charge in [0, 0.05) is 12.6 Å². The van der Waals surface area contributed by atoms with E-state index in [2.05, 4.69) is 0 Å². The number of morpholine rings is 1. The number of para-hydroxylation sites is 2. The van der Waals surface area contributed by atoms with E-state index in [1.54, 1.807) is 0 Å². The molecule has 1 aromatic carbocycles. The Morgan fingerprint density at radius 1 is 1.16 bits per heavy atom. The van der Waals surface area contributed by atoms with Gasteiger partial charge in [-0.25, -0.2) is 9.59 Å². The number of carboxylic acid groups (broad SMARTS) is 1. The summed E-state index contributed by atoms with van der Waals surface area (Å²) in [6.45, 7) is 7.16. The Balaban J connectivity index is 0.000000856. The van der Waals surface area contributed by atoms with Gasteiger partial charge in [0.05, 0.1) is 26.2 Å². The number of esters is 1. The molecule has 0 radical (unpaired) electrons. The maximum absolute atomic E-state index is 12.2. The Morgan fingerprint density at radius 2 is 1.76 bits per heavy atom. The van der Waals surface area contributed by atoms with Crippen LogP contribution in [0.25, 0.3) is 0 Å². The average molecular weight is 539 g/mol. The molecular formula is C23H33F3N2O9. The van der Waals surface area contributed by atoms with Crippen molar-refractivity contribution >= 4 is 18.0 Å². The highest BCUT2D eigenvalue weighted by molar-refractivity contribution is 5.73. The fraction of sp³-hybridized carbons (Fsp3) is 0.609. The SMILES string of the molecule is CCOc1ccccc1OCC1CN(C(=O)OCOC(=O)C[C@@H](N)C(C)C)CCO1.O=C(O)C(F)(F)F. The number of hydrogen-bond acceptors (Lipinski definition) is 9. The average Bonchev–Trinajstić information content (AvgIpc) is 2.83. The van der Waals surface area contributed by atoms with Crippen molar-refractivity contribution in [2.75, 3.05) is 39.7 Å². The number of aliphatic carboxylic acids is 1. The lowest BCUT2D eigenvalue weighted by atomic mass is 10.0. The normalized spacial score (nSPS) is 16.2. The second-order valence-corrected chi connectivity index (χ2v) is 8.09. The molecule has 1 fully saturated rings. The van der Waals surface area contributed by atoms with Crippen LogP contribution < -0.4 is 15.2 Å². The summed E-state index contributed by atoms with van der Waals surface area (Å²) in [5, 5.41) is 7.12. The van der Waals surface area contributed by atoms with Crippen molar-refractivity contribution in [3.05, 3.63) is 24.3 Å². The summed E-state index contributed by atoms with van der Waals surface area (Å²) >= 11 is 0. The van der Waals surface area contributed by atoms with Crippen LogP contribution in [0.15, 0.2) is 24.3 Å². The third-order valence-corrected chi connectivity index (χ3v) is 4.87. The molecule has 0 spiro atoms. The molecule has 0 bridgehead atoms. The maximum Gasteiger partial charge on any atom is 0.490 e. The molecule has 2 rings (SSSR count). The van der Waals surface area contributed by atoms with Crippen LogP contribution in [0.3, 0.4) is 0 Å². The van der Waals surface area contributed by atoms with Gasteiger partial charge in [-0.2, -0.15) is 13.2 Å². The van der Waals surface area contributed by atoms with Crippen LogP contribution in [-0.2, 0) is 23.8 Å². The number of carbonyl (C=O) groups is 3. The van der Waals surface area contributed by atoms with Gasteiger partial charge in [0.15, 0.2) is 11.5 Å². The predicted octanol–water partition coefficient (Wildman–Crippen LogP) is 2.81. The van der Waals surface area contributed by atoms with Gasteiger partial charge < -0.3 is 39.4 Å². The maximum atomic E-state index is 12.2. The molecule has 1 aromatic rings. The summed E-state index contributed by atoms with van der Waals surface area (Å²) in [5.41, 5.74) is 5.83. The topological polar surface area (TPSA) is 147 Å². The Bertz CT molecular complexity index is 868. The highest BCUT2D eigenvalue weighted by Crippen LogP contribution is 2.26. The lowest BCUT2D eigenvalue weighted by Crippen LogP contribution is -2.48. The predicted molar refractivity (Wildman–Crippen MR) is 123 cm³/mol. The van der Waals surface area contributed by atoms with Crippen molar-refractivity contribution in [2.24, 2.45) is 11.7 Å². The van der Waals surface area contributed by atoms with Gasteiger partial charge in [-0.05, 0) is 25.0 Å². The first-order valence-corrected chi connectivity index (χ1v) is 11.4.